The van der Waals surface area contributed by atoms with E-state index in [1.54, 1.807) is 36.4 Å². The van der Waals surface area contributed by atoms with Crippen LogP contribution < -0.4 is 4.74 Å². The molecule has 0 heterocycles. The quantitative estimate of drug-likeness (QED) is 0.612. The Hall–Kier alpha value is -3.98. The normalized spacial score (nSPS) is 10.1. The van der Waals surface area contributed by atoms with Crippen LogP contribution in [0, 0.1) is 11.3 Å². The van der Waals surface area contributed by atoms with Crippen molar-refractivity contribution in [3.8, 4) is 40.2 Å². The van der Waals surface area contributed by atoms with Crippen LogP contribution in [0.1, 0.15) is 15.9 Å². The highest BCUT2D eigenvalue weighted by Gasteiger charge is 2.21. The van der Waals surface area contributed by atoms with E-state index < -0.39 is 23.0 Å². The molecule has 0 bridgehead atoms. The average molecular weight is 347 g/mol. The van der Waals surface area contributed by atoms with Crippen LogP contribution in [-0.4, -0.2) is 21.3 Å². The smallest absolute Gasteiger partial charge is 0.343 e. The molecule has 3 N–H and O–H groups in total. The van der Waals surface area contributed by atoms with Gasteiger partial charge in [0.2, 0.25) is 0 Å². The van der Waals surface area contributed by atoms with Gasteiger partial charge in [0, 0.05) is 0 Å². The van der Waals surface area contributed by atoms with Crippen LogP contribution in [0.25, 0.3) is 11.1 Å². The van der Waals surface area contributed by atoms with Gasteiger partial charge in [-0.05, 0) is 47.5 Å². The molecule has 0 aliphatic carbocycles. The van der Waals surface area contributed by atoms with Crippen molar-refractivity contribution in [2.45, 2.75) is 0 Å². The third-order valence-electron chi connectivity index (χ3n) is 3.75. The zero-order valence-corrected chi connectivity index (χ0v) is 13.4. The first-order valence-electron chi connectivity index (χ1n) is 7.56. The molecule has 0 atom stereocenters. The van der Waals surface area contributed by atoms with E-state index in [0.717, 1.165) is 23.3 Å². The number of ether oxygens (including phenoxy) is 1. The summed E-state index contributed by atoms with van der Waals surface area (Å²) >= 11 is 0. The van der Waals surface area contributed by atoms with Crippen molar-refractivity contribution in [3.05, 3.63) is 71.8 Å². The van der Waals surface area contributed by atoms with E-state index in [0.29, 0.717) is 11.3 Å². The lowest BCUT2D eigenvalue weighted by atomic mass is 10.0. The maximum absolute atomic E-state index is 11.3. The molecule has 0 aliphatic rings. The Labute approximate surface area is 148 Å². The van der Waals surface area contributed by atoms with Crippen LogP contribution in [0.2, 0.25) is 0 Å². The lowest BCUT2D eigenvalue weighted by Crippen LogP contribution is -2.01. The minimum absolute atomic E-state index is 0.297. The first-order valence-corrected chi connectivity index (χ1v) is 7.56. The molecule has 3 aromatic rings. The topological polar surface area (TPSA) is 111 Å². The van der Waals surface area contributed by atoms with Gasteiger partial charge in [-0.3, -0.25) is 0 Å². The van der Waals surface area contributed by atoms with Crippen molar-refractivity contribution in [2.24, 2.45) is 0 Å². The van der Waals surface area contributed by atoms with Crippen molar-refractivity contribution in [1.82, 2.24) is 0 Å². The maximum atomic E-state index is 11.3. The Morgan fingerprint density at radius 2 is 1.38 bits per heavy atom. The summed E-state index contributed by atoms with van der Waals surface area (Å²) in [6, 6.07) is 18.1. The van der Waals surface area contributed by atoms with Gasteiger partial charge in [-0.15, -0.1) is 0 Å². The minimum atomic E-state index is -1.41. The molecule has 0 fully saturated rings. The van der Waals surface area contributed by atoms with Gasteiger partial charge in [0.05, 0.1) is 11.6 Å². The summed E-state index contributed by atoms with van der Waals surface area (Å²) in [4.78, 5) is 11.3. The van der Waals surface area contributed by atoms with E-state index in [1.807, 2.05) is 12.1 Å². The van der Waals surface area contributed by atoms with E-state index >= 15 is 0 Å². The Balaban J connectivity index is 1.90. The molecule has 0 aromatic heterocycles. The zero-order chi connectivity index (χ0) is 18.7. The summed E-state index contributed by atoms with van der Waals surface area (Å²) in [5.41, 5.74) is 1.83. The van der Waals surface area contributed by atoms with Crippen LogP contribution in [0.3, 0.4) is 0 Å². The first-order chi connectivity index (χ1) is 12.5. The molecule has 0 saturated heterocycles. The van der Waals surface area contributed by atoms with Crippen LogP contribution in [-0.2, 0) is 0 Å². The molecule has 6 nitrogen and oxygen atoms in total. The second kappa shape index (κ2) is 6.87. The summed E-state index contributed by atoms with van der Waals surface area (Å²) in [5, 5.41) is 37.6. The second-order valence-corrected chi connectivity index (χ2v) is 5.43. The Bertz CT molecular complexity index is 1000. The lowest BCUT2D eigenvalue weighted by molar-refractivity contribution is 0.0690. The molecule has 0 saturated carbocycles. The predicted octanol–water partition coefficient (Wildman–Crippen LogP) is 4.13. The monoisotopic (exact) mass is 347 g/mol. The standard InChI is InChI=1S/C20H13NO5/c21-11-12-1-3-13(4-2-12)14-5-7-15(8-6-14)26-19-17(23)10-9-16(22)18(19)20(24)25/h1-10,22-23H,(H,24,25). The largest absolute Gasteiger partial charge is 0.507 e. The summed E-state index contributed by atoms with van der Waals surface area (Å²) < 4.78 is 5.48. The number of benzene rings is 3. The molecule has 6 heteroatoms. The number of nitriles is 1. The van der Waals surface area contributed by atoms with Gasteiger partial charge in [0.25, 0.3) is 0 Å². The lowest BCUT2D eigenvalue weighted by Gasteiger charge is -2.12. The fraction of sp³-hybridized carbons (Fsp3) is 0. The second-order valence-electron chi connectivity index (χ2n) is 5.43. The third kappa shape index (κ3) is 3.28. The van der Waals surface area contributed by atoms with E-state index in [-0.39, 0.29) is 5.75 Å². The van der Waals surface area contributed by atoms with Gasteiger partial charge in [0.15, 0.2) is 11.5 Å². The van der Waals surface area contributed by atoms with Gasteiger partial charge >= 0.3 is 5.97 Å². The number of phenols is 2. The van der Waals surface area contributed by atoms with Crippen LogP contribution >= 0.6 is 0 Å². The molecular weight excluding hydrogens is 334 g/mol. The fourth-order valence-electron chi connectivity index (χ4n) is 2.44. The molecule has 0 amide bonds. The molecule has 0 unspecified atom stereocenters. The molecule has 0 aliphatic heterocycles. The van der Waals surface area contributed by atoms with Crippen molar-refractivity contribution < 1.29 is 24.9 Å². The van der Waals surface area contributed by atoms with Crippen LogP contribution in [0.15, 0.2) is 60.7 Å². The summed E-state index contributed by atoms with van der Waals surface area (Å²) in [5.74, 6) is -2.34. The molecule has 128 valence electrons. The number of aromatic carboxylic acids is 1. The fourth-order valence-corrected chi connectivity index (χ4v) is 2.44. The molecular formula is C20H13NO5. The van der Waals surface area contributed by atoms with Gasteiger partial charge in [0.1, 0.15) is 17.1 Å². The van der Waals surface area contributed by atoms with Gasteiger partial charge in [-0.2, -0.15) is 5.26 Å². The minimum Gasteiger partial charge on any atom is -0.507 e. The SMILES string of the molecule is N#Cc1ccc(-c2ccc(Oc3c(O)ccc(O)c3C(=O)O)cc2)cc1. The first kappa shape index (κ1) is 16.9. The molecule has 0 radical (unpaired) electrons. The molecule has 0 spiro atoms. The van der Waals surface area contributed by atoms with Crippen molar-refractivity contribution in [2.75, 3.05) is 0 Å². The van der Waals surface area contributed by atoms with Gasteiger partial charge < -0.3 is 20.1 Å². The van der Waals surface area contributed by atoms with Crippen molar-refractivity contribution in [1.29, 1.82) is 5.26 Å². The number of hydrogen-bond acceptors (Lipinski definition) is 5. The van der Waals surface area contributed by atoms with Crippen LogP contribution in [0.4, 0.5) is 0 Å². The van der Waals surface area contributed by atoms with Gasteiger partial charge in [-0.1, -0.05) is 24.3 Å². The van der Waals surface area contributed by atoms with Crippen LogP contribution in [0.5, 0.6) is 23.0 Å². The number of phenolic OH excluding ortho intramolecular Hbond substituents is 1. The van der Waals surface area contributed by atoms with E-state index in [9.17, 15) is 20.1 Å². The molecule has 3 rings (SSSR count). The number of hydrogen-bond donors (Lipinski definition) is 3. The highest BCUT2D eigenvalue weighted by atomic mass is 16.5. The molecule has 3 aromatic carbocycles. The average Bonchev–Trinajstić information content (AvgIpc) is 2.65. The maximum Gasteiger partial charge on any atom is 0.343 e. The summed E-state index contributed by atoms with van der Waals surface area (Å²) in [6.45, 7) is 0. The number of carboxylic acids is 1. The van der Waals surface area contributed by atoms with Gasteiger partial charge in [-0.25, -0.2) is 4.79 Å². The Kier molecular flexibility index (Phi) is 4.46. The highest BCUT2D eigenvalue weighted by molar-refractivity contribution is 5.95. The number of rotatable bonds is 4. The number of nitrogens with zero attached hydrogens (tertiary/aromatic N) is 1. The Morgan fingerprint density at radius 3 is 1.92 bits per heavy atom. The Morgan fingerprint density at radius 1 is 0.846 bits per heavy atom. The van der Waals surface area contributed by atoms with Crippen molar-refractivity contribution >= 4 is 5.97 Å². The zero-order valence-electron chi connectivity index (χ0n) is 13.4. The van der Waals surface area contributed by atoms with E-state index in [1.165, 1.54) is 0 Å². The van der Waals surface area contributed by atoms with E-state index in [2.05, 4.69) is 6.07 Å². The van der Waals surface area contributed by atoms with E-state index in [4.69, 9.17) is 10.00 Å². The molecule has 26 heavy (non-hydrogen) atoms. The number of aromatic hydroxyl groups is 2. The summed E-state index contributed by atoms with van der Waals surface area (Å²) in [7, 11) is 0. The summed E-state index contributed by atoms with van der Waals surface area (Å²) in [6.07, 6.45) is 0. The predicted molar refractivity (Wildman–Crippen MR) is 93.4 cm³/mol. The van der Waals surface area contributed by atoms with Crippen molar-refractivity contribution in [3.63, 3.8) is 0 Å². The third-order valence-corrected chi connectivity index (χ3v) is 3.75. The number of carboxylic acid groups (broad SMARTS) is 1. The highest BCUT2D eigenvalue weighted by Crippen LogP contribution is 2.39. The number of carbonyl (C=O) groups is 1.